The van der Waals surface area contributed by atoms with Crippen LogP contribution in [0.2, 0.25) is 5.02 Å². The molecular formula is C11H12ClFN2O2. The maximum Gasteiger partial charge on any atom is 0.225 e. The van der Waals surface area contributed by atoms with Crippen LogP contribution in [-0.4, -0.2) is 11.8 Å². The summed E-state index contributed by atoms with van der Waals surface area (Å²) in [7, 11) is 0. The van der Waals surface area contributed by atoms with Crippen LogP contribution < -0.4 is 11.1 Å². The van der Waals surface area contributed by atoms with Gasteiger partial charge in [0.25, 0.3) is 0 Å². The number of primary amides is 1. The normalized spacial score (nSPS) is 11.9. The Balaban J connectivity index is 2.62. The van der Waals surface area contributed by atoms with Crippen LogP contribution in [0.1, 0.15) is 13.3 Å². The van der Waals surface area contributed by atoms with Crippen molar-refractivity contribution < 1.29 is 14.0 Å². The average Bonchev–Trinajstić information content (AvgIpc) is 2.23. The van der Waals surface area contributed by atoms with Gasteiger partial charge >= 0.3 is 0 Å². The number of anilines is 1. The van der Waals surface area contributed by atoms with E-state index in [0.29, 0.717) is 5.69 Å². The number of rotatable bonds is 4. The fourth-order valence-electron chi connectivity index (χ4n) is 1.16. The number of nitrogens with two attached hydrogens (primary N) is 1. The molecule has 0 fully saturated rings. The van der Waals surface area contributed by atoms with Crippen LogP contribution in [0.3, 0.4) is 0 Å². The lowest BCUT2D eigenvalue weighted by Crippen LogP contribution is -2.25. The summed E-state index contributed by atoms with van der Waals surface area (Å²) < 4.78 is 12.8. The highest BCUT2D eigenvalue weighted by Gasteiger charge is 2.14. The van der Waals surface area contributed by atoms with Gasteiger partial charge in [-0.25, -0.2) is 4.39 Å². The smallest absolute Gasteiger partial charge is 0.225 e. The Hall–Kier alpha value is -1.62. The topological polar surface area (TPSA) is 72.2 Å². The third-order valence-corrected chi connectivity index (χ3v) is 2.47. The molecule has 0 aromatic heterocycles. The first-order chi connectivity index (χ1) is 7.90. The van der Waals surface area contributed by atoms with E-state index in [1.165, 1.54) is 12.1 Å². The first-order valence-electron chi connectivity index (χ1n) is 4.94. The first kappa shape index (κ1) is 13.4. The van der Waals surface area contributed by atoms with E-state index in [0.717, 1.165) is 6.07 Å². The van der Waals surface area contributed by atoms with Gasteiger partial charge in [-0.1, -0.05) is 18.5 Å². The summed E-state index contributed by atoms with van der Waals surface area (Å²) in [5.74, 6) is -2.03. The number of halogens is 2. The second-order valence-corrected chi connectivity index (χ2v) is 4.09. The second kappa shape index (κ2) is 5.63. The van der Waals surface area contributed by atoms with Gasteiger partial charge in [-0.2, -0.15) is 0 Å². The summed E-state index contributed by atoms with van der Waals surface area (Å²) in [6.45, 7) is 1.56. The predicted molar refractivity (Wildman–Crippen MR) is 63.0 cm³/mol. The molecule has 2 amide bonds. The molecule has 0 aliphatic heterocycles. The van der Waals surface area contributed by atoms with Crippen molar-refractivity contribution in [2.24, 2.45) is 11.7 Å². The summed E-state index contributed by atoms with van der Waals surface area (Å²) in [6, 6.07) is 3.83. The Morgan fingerprint density at radius 3 is 2.71 bits per heavy atom. The van der Waals surface area contributed by atoms with E-state index in [9.17, 15) is 14.0 Å². The van der Waals surface area contributed by atoms with Gasteiger partial charge in [0.05, 0.1) is 5.02 Å². The van der Waals surface area contributed by atoms with Crippen LogP contribution in [-0.2, 0) is 9.59 Å². The minimum atomic E-state index is -0.560. The van der Waals surface area contributed by atoms with Gasteiger partial charge in [0.15, 0.2) is 0 Å². The SMILES string of the molecule is CC(CC(=O)Nc1ccc(F)c(Cl)c1)C(N)=O. The number of carbonyl (C=O) groups excluding carboxylic acids is 2. The van der Waals surface area contributed by atoms with Crippen LogP contribution in [0.25, 0.3) is 0 Å². The van der Waals surface area contributed by atoms with Crippen molar-refractivity contribution in [2.45, 2.75) is 13.3 Å². The predicted octanol–water partition coefficient (Wildman–Crippen LogP) is 1.93. The maximum absolute atomic E-state index is 12.8. The molecule has 1 aromatic rings. The lowest BCUT2D eigenvalue weighted by molar-refractivity contribution is -0.125. The Bertz CT molecular complexity index is 451. The summed E-state index contributed by atoms with van der Waals surface area (Å²) in [4.78, 5) is 22.2. The highest BCUT2D eigenvalue weighted by atomic mass is 35.5. The van der Waals surface area contributed by atoms with Gasteiger partial charge in [0.1, 0.15) is 5.82 Å². The molecular weight excluding hydrogens is 247 g/mol. The molecule has 3 N–H and O–H groups in total. The minimum absolute atomic E-state index is 0.0235. The number of hydrogen-bond acceptors (Lipinski definition) is 2. The molecule has 17 heavy (non-hydrogen) atoms. The molecule has 0 saturated carbocycles. The Labute approximate surface area is 103 Å². The molecule has 0 heterocycles. The number of hydrogen-bond donors (Lipinski definition) is 2. The van der Waals surface area contributed by atoms with E-state index in [4.69, 9.17) is 17.3 Å². The van der Waals surface area contributed by atoms with E-state index >= 15 is 0 Å². The lowest BCUT2D eigenvalue weighted by atomic mass is 10.1. The van der Waals surface area contributed by atoms with Crippen molar-refractivity contribution >= 4 is 29.1 Å². The zero-order chi connectivity index (χ0) is 13.0. The van der Waals surface area contributed by atoms with Crippen LogP contribution in [0.15, 0.2) is 18.2 Å². The second-order valence-electron chi connectivity index (χ2n) is 3.68. The van der Waals surface area contributed by atoms with Gasteiger partial charge in [-0.05, 0) is 18.2 Å². The van der Waals surface area contributed by atoms with Crippen molar-refractivity contribution in [2.75, 3.05) is 5.32 Å². The van der Waals surface area contributed by atoms with Crippen LogP contribution >= 0.6 is 11.6 Å². The van der Waals surface area contributed by atoms with E-state index < -0.39 is 17.6 Å². The standard InChI is InChI=1S/C11H12ClFN2O2/c1-6(11(14)17)4-10(16)15-7-2-3-9(13)8(12)5-7/h2-3,5-6H,4H2,1H3,(H2,14,17)(H,15,16). The van der Waals surface area contributed by atoms with Crippen LogP contribution in [0.5, 0.6) is 0 Å². The van der Waals surface area contributed by atoms with Crippen LogP contribution in [0, 0.1) is 11.7 Å². The number of amides is 2. The van der Waals surface area contributed by atoms with Crippen LogP contribution in [0.4, 0.5) is 10.1 Å². The first-order valence-corrected chi connectivity index (χ1v) is 5.32. The molecule has 0 bridgehead atoms. The molecule has 0 aliphatic carbocycles. The molecule has 1 atom stereocenters. The Morgan fingerprint density at radius 2 is 2.18 bits per heavy atom. The molecule has 0 radical (unpaired) electrons. The maximum atomic E-state index is 12.8. The minimum Gasteiger partial charge on any atom is -0.369 e. The highest BCUT2D eigenvalue weighted by Crippen LogP contribution is 2.19. The van der Waals surface area contributed by atoms with E-state index in [1.54, 1.807) is 6.92 Å². The summed E-state index contributed by atoms with van der Waals surface area (Å²) in [6.07, 6.45) is -0.0235. The summed E-state index contributed by atoms with van der Waals surface area (Å²) >= 11 is 5.55. The summed E-state index contributed by atoms with van der Waals surface area (Å²) in [5.41, 5.74) is 5.41. The Morgan fingerprint density at radius 1 is 1.53 bits per heavy atom. The number of benzene rings is 1. The molecule has 1 unspecified atom stereocenters. The van der Waals surface area contributed by atoms with Gasteiger partial charge < -0.3 is 11.1 Å². The molecule has 6 heteroatoms. The van der Waals surface area contributed by atoms with Crippen molar-refractivity contribution in [1.29, 1.82) is 0 Å². The van der Waals surface area contributed by atoms with Gasteiger partial charge in [0, 0.05) is 18.0 Å². The third kappa shape index (κ3) is 4.03. The molecule has 0 spiro atoms. The largest absolute Gasteiger partial charge is 0.369 e. The molecule has 1 aromatic carbocycles. The summed E-state index contributed by atoms with van der Waals surface area (Å²) in [5, 5.41) is 2.42. The fourth-order valence-corrected chi connectivity index (χ4v) is 1.35. The van der Waals surface area contributed by atoms with Crippen molar-refractivity contribution in [3.63, 3.8) is 0 Å². The van der Waals surface area contributed by atoms with Gasteiger partial charge in [-0.15, -0.1) is 0 Å². The number of carbonyl (C=O) groups is 2. The zero-order valence-corrected chi connectivity index (χ0v) is 9.92. The fraction of sp³-hybridized carbons (Fsp3) is 0.273. The zero-order valence-electron chi connectivity index (χ0n) is 9.17. The quantitative estimate of drug-likeness (QED) is 0.866. The van der Waals surface area contributed by atoms with E-state index in [1.807, 2.05) is 0 Å². The number of nitrogens with one attached hydrogen (secondary N) is 1. The van der Waals surface area contributed by atoms with Gasteiger partial charge in [-0.3, -0.25) is 9.59 Å². The average molecular weight is 259 g/mol. The van der Waals surface area contributed by atoms with E-state index in [2.05, 4.69) is 5.32 Å². The van der Waals surface area contributed by atoms with Crippen molar-refractivity contribution in [3.05, 3.63) is 29.0 Å². The molecule has 0 aliphatic rings. The monoisotopic (exact) mass is 258 g/mol. The molecule has 4 nitrogen and oxygen atoms in total. The molecule has 1 rings (SSSR count). The molecule has 92 valence electrons. The highest BCUT2D eigenvalue weighted by molar-refractivity contribution is 6.31. The lowest BCUT2D eigenvalue weighted by Gasteiger charge is -2.08. The van der Waals surface area contributed by atoms with E-state index in [-0.39, 0.29) is 17.4 Å². The molecule has 0 saturated heterocycles. The van der Waals surface area contributed by atoms with Gasteiger partial charge in [0.2, 0.25) is 11.8 Å². The third-order valence-electron chi connectivity index (χ3n) is 2.18. The van der Waals surface area contributed by atoms with Crippen molar-refractivity contribution in [3.8, 4) is 0 Å². The Kier molecular flexibility index (Phi) is 4.45. The van der Waals surface area contributed by atoms with Crippen molar-refractivity contribution in [1.82, 2.24) is 0 Å².